The molecule has 4 rings (SSSR count). The third kappa shape index (κ3) is 1.50. The highest BCUT2D eigenvalue weighted by atomic mass is 35.5. The molecule has 6 heteroatoms. The summed E-state index contributed by atoms with van der Waals surface area (Å²) in [6, 6.07) is 9.44. The molecule has 0 saturated carbocycles. The average molecular weight is 284 g/mol. The number of nitrogens with two attached hydrogens (primary N) is 1. The number of halogens is 1. The molecule has 0 unspecified atom stereocenters. The fourth-order valence-corrected chi connectivity index (χ4v) is 2.50. The summed E-state index contributed by atoms with van der Waals surface area (Å²) in [6.45, 7) is 0. The van der Waals surface area contributed by atoms with E-state index in [0.29, 0.717) is 22.2 Å². The van der Waals surface area contributed by atoms with Crippen molar-refractivity contribution in [1.29, 1.82) is 0 Å². The van der Waals surface area contributed by atoms with Crippen LogP contribution in [-0.2, 0) is 0 Å². The Bertz CT molecular complexity index is 904. The monoisotopic (exact) mass is 283 g/mol. The molecule has 98 valence electrons. The van der Waals surface area contributed by atoms with E-state index < -0.39 is 0 Å². The Labute approximate surface area is 119 Å². The molecule has 0 aliphatic rings. The Morgan fingerprint density at radius 1 is 1.05 bits per heavy atom. The molecule has 2 N–H and O–H groups in total. The van der Waals surface area contributed by atoms with Gasteiger partial charge in [-0.3, -0.25) is 4.40 Å². The van der Waals surface area contributed by atoms with Crippen molar-refractivity contribution in [2.45, 2.75) is 0 Å². The minimum Gasteiger partial charge on any atom is -0.383 e. The minimum absolute atomic E-state index is 0.533. The van der Waals surface area contributed by atoms with E-state index in [2.05, 4.69) is 9.97 Å². The van der Waals surface area contributed by atoms with Crippen LogP contribution in [0.5, 0.6) is 0 Å². The van der Waals surface area contributed by atoms with Crippen molar-refractivity contribution in [2.75, 3.05) is 5.73 Å². The molecule has 4 aromatic heterocycles. The van der Waals surface area contributed by atoms with Gasteiger partial charge >= 0.3 is 0 Å². The number of rotatable bonds is 1. The van der Waals surface area contributed by atoms with Crippen LogP contribution in [0.2, 0.25) is 5.02 Å². The van der Waals surface area contributed by atoms with Crippen LogP contribution in [0.3, 0.4) is 0 Å². The van der Waals surface area contributed by atoms with Crippen molar-refractivity contribution in [3.8, 4) is 11.4 Å². The Kier molecular flexibility index (Phi) is 2.25. The van der Waals surface area contributed by atoms with E-state index in [1.54, 1.807) is 10.5 Å². The van der Waals surface area contributed by atoms with Crippen molar-refractivity contribution >= 4 is 28.7 Å². The summed E-state index contributed by atoms with van der Waals surface area (Å²) in [6.07, 6.45) is 5.68. The topological polar surface area (TPSA) is 60.6 Å². The first-order valence-electron chi connectivity index (χ1n) is 6.10. The number of hydrogen-bond donors (Lipinski definition) is 1. The number of pyridine rings is 2. The van der Waals surface area contributed by atoms with E-state index in [0.717, 1.165) is 11.3 Å². The molecule has 0 fully saturated rings. The number of imidazole rings is 2. The van der Waals surface area contributed by atoms with Gasteiger partial charge in [0, 0.05) is 18.6 Å². The number of fused-ring (bicyclic) bond motifs is 2. The van der Waals surface area contributed by atoms with Crippen molar-refractivity contribution in [3.63, 3.8) is 0 Å². The second-order valence-corrected chi connectivity index (χ2v) is 4.89. The van der Waals surface area contributed by atoms with Crippen LogP contribution in [0.15, 0.2) is 48.9 Å². The predicted molar refractivity (Wildman–Crippen MR) is 78.8 cm³/mol. The number of nitrogens with zero attached hydrogens (tertiary/aromatic N) is 4. The highest BCUT2D eigenvalue weighted by Crippen LogP contribution is 2.28. The summed E-state index contributed by atoms with van der Waals surface area (Å²) in [5.41, 5.74) is 9.01. The van der Waals surface area contributed by atoms with E-state index in [1.807, 2.05) is 47.3 Å². The van der Waals surface area contributed by atoms with Gasteiger partial charge in [0.2, 0.25) is 0 Å². The van der Waals surface area contributed by atoms with Crippen molar-refractivity contribution < 1.29 is 0 Å². The molecule has 0 spiro atoms. The van der Waals surface area contributed by atoms with Gasteiger partial charge in [-0.2, -0.15) is 0 Å². The van der Waals surface area contributed by atoms with Crippen LogP contribution in [0.25, 0.3) is 22.7 Å². The molecule has 5 nitrogen and oxygen atoms in total. The van der Waals surface area contributed by atoms with Gasteiger partial charge in [0.1, 0.15) is 22.9 Å². The van der Waals surface area contributed by atoms with Crippen LogP contribution >= 0.6 is 11.6 Å². The third-order valence-electron chi connectivity index (χ3n) is 3.25. The van der Waals surface area contributed by atoms with E-state index in [-0.39, 0.29) is 0 Å². The maximum absolute atomic E-state index is 6.15. The quantitative estimate of drug-likeness (QED) is 0.584. The normalized spacial score (nSPS) is 11.4. The summed E-state index contributed by atoms with van der Waals surface area (Å²) in [4.78, 5) is 9.04. The smallest absolute Gasteiger partial charge is 0.158 e. The fraction of sp³-hybridized carbons (Fsp3) is 0. The summed E-state index contributed by atoms with van der Waals surface area (Å²) in [7, 11) is 0. The van der Waals surface area contributed by atoms with E-state index >= 15 is 0 Å². The summed E-state index contributed by atoms with van der Waals surface area (Å²) in [5, 5.41) is 0.564. The van der Waals surface area contributed by atoms with Crippen molar-refractivity contribution in [2.24, 2.45) is 0 Å². The lowest BCUT2D eigenvalue weighted by atomic mass is 10.3. The van der Waals surface area contributed by atoms with Crippen LogP contribution in [0.1, 0.15) is 0 Å². The van der Waals surface area contributed by atoms with Gasteiger partial charge in [-0.15, -0.1) is 0 Å². The number of nitrogen functional groups attached to an aromatic ring is 1. The zero-order valence-electron chi connectivity index (χ0n) is 10.4. The van der Waals surface area contributed by atoms with Gasteiger partial charge in [0.05, 0.1) is 5.02 Å². The average Bonchev–Trinajstić information content (AvgIpc) is 3.01. The highest BCUT2D eigenvalue weighted by molar-refractivity contribution is 6.33. The molecular formula is C14H10ClN5. The first kappa shape index (κ1) is 11.3. The van der Waals surface area contributed by atoms with Gasteiger partial charge in [-0.1, -0.05) is 17.7 Å². The lowest BCUT2D eigenvalue weighted by Gasteiger charge is -1.96. The second-order valence-electron chi connectivity index (χ2n) is 4.49. The Morgan fingerprint density at radius 3 is 2.75 bits per heavy atom. The lowest BCUT2D eigenvalue weighted by Crippen LogP contribution is -1.93. The fourth-order valence-electron chi connectivity index (χ4n) is 2.29. The Morgan fingerprint density at radius 2 is 1.95 bits per heavy atom. The highest BCUT2D eigenvalue weighted by Gasteiger charge is 2.15. The van der Waals surface area contributed by atoms with Gasteiger partial charge in [0.25, 0.3) is 0 Å². The van der Waals surface area contributed by atoms with E-state index in [1.165, 1.54) is 0 Å². The predicted octanol–water partition coefficient (Wildman–Crippen LogP) is 2.88. The first-order valence-corrected chi connectivity index (χ1v) is 6.48. The molecule has 0 bridgehead atoms. The summed E-state index contributed by atoms with van der Waals surface area (Å²) >= 11 is 6.14. The van der Waals surface area contributed by atoms with Gasteiger partial charge in [0.15, 0.2) is 5.65 Å². The zero-order chi connectivity index (χ0) is 13.7. The minimum atomic E-state index is 0.533. The van der Waals surface area contributed by atoms with Crippen molar-refractivity contribution in [3.05, 3.63) is 53.9 Å². The molecule has 0 radical (unpaired) electrons. The Balaban J connectivity index is 2.02. The lowest BCUT2D eigenvalue weighted by molar-refractivity contribution is 1.19. The van der Waals surface area contributed by atoms with Crippen LogP contribution < -0.4 is 5.73 Å². The number of aromatic nitrogens is 4. The maximum Gasteiger partial charge on any atom is 0.158 e. The molecular weight excluding hydrogens is 274 g/mol. The maximum atomic E-state index is 6.15. The summed E-state index contributed by atoms with van der Waals surface area (Å²) < 4.78 is 3.70. The van der Waals surface area contributed by atoms with Crippen LogP contribution in [-0.4, -0.2) is 18.8 Å². The second kappa shape index (κ2) is 3.98. The molecule has 4 heterocycles. The molecule has 0 atom stereocenters. The number of hydrogen-bond acceptors (Lipinski definition) is 3. The largest absolute Gasteiger partial charge is 0.383 e. The molecule has 0 aliphatic carbocycles. The molecule has 0 aromatic carbocycles. The molecule has 20 heavy (non-hydrogen) atoms. The SMILES string of the molecule is Nc1c(-c2cn3ccccc3n2)nc2c(Cl)cccn12. The molecule has 0 aliphatic heterocycles. The standard InChI is InChI=1S/C14H10ClN5/c15-9-4-3-7-20-13(16)12(18-14(9)20)10-8-19-6-2-1-5-11(19)17-10/h1-8H,16H2. The molecule has 0 amide bonds. The Hall–Kier alpha value is -2.53. The summed E-state index contributed by atoms with van der Waals surface area (Å²) in [5.74, 6) is 0.533. The number of anilines is 1. The van der Waals surface area contributed by atoms with E-state index in [9.17, 15) is 0 Å². The third-order valence-corrected chi connectivity index (χ3v) is 3.54. The first-order chi connectivity index (χ1) is 9.74. The van der Waals surface area contributed by atoms with E-state index in [4.69, 9.17) is 17.3 Å². The van der Waals surface area contributed by atoms with Gasteiger partial charge in [-0.05, 0) is 24.3 Å². The van der Waals surface area contributed by atoms with Crippen LogP contribution in [0, 0.1) is 0 Å². The van der Waals surface area contributed by atoms with Crippen molar-refractivity contribution in [1.82, 2.24) is 18.8 Å². The zero-order valence-corrected chi connectivity index (χ0v) is 11.1. The molecule has 0 saturated heterocycles. The molecule has 4 aromatic rings. The van der Waals surface area contributed by atoms with Gasteiger partial charge in [-0.25, -0.2) is 9.97 Å². The van der Waals surface area contributed by atoms with Gasteiger partial charge < -0.3 is 10.1 Å². The van der Waals surface area contributed by atoms with Crippen LogP contribution in [0.4, 0.5) is 5.82 Å².